The second-order valence-electron chi connectivity index (χ2n) is 3.37. The SMILES string of the molecule is Cc1ncc(N)cc1C(=O)OCCOCCO. The highest BCUT2D eigenvalue weighted by molar-refractivity contribution is 5.91. The molecule has 1 aromatic heterocycles. The number of anilines is 1. The van der Waals surface area contributed by atoms with Crippen molar-refractivity contribution in [1.82, 2.24) is 4.98 Å². The zero-order valence-electron chi connectivity index (χ0n) is 9.68. The maximum absolute atomic E-state index is 11.6. The molecule has 1 aromatic rings. The molecule has 0 radical (unpaired) electrons. The van der Waals surface area contributed by atoms with E-state index in [1.54, 1.807) is 6.92 Å². The summed E-state index contributed by atoms with van der Waals surface area (Å²) in [6.07, 6.45) is 1.48. The highest BCUT2D eigenvalue weighted by Crippen LogP contribution is 2.10. The summed E-state index contributed by atoms with van der Waals surface area (Å²) in [6, 6.07) is 1.53. The van der Waals surface area contributed by atoms with E-state index in [2.05, 4.69) is 4.98 Å². The average molecular weight is 240 g/mol. The third-order valence-corrected chi connectivity index (χ3v) is 2.02. The molecule has 0 amide bonds. The number of nitrogens with two attached hydrogens (primary N) is 1. The fraction of sp³-hybridized carbons (Fsp3) is 0.455. The van der Waals surface area contributed by atoms with Crippen molar-refractivity contribution in [1.29, 1.82) is 0 Å². The van der Waals surface area contributed by atoms with Gasteiger partial charge >= 0.3 is 5.97 Å². The van der Waals surface area contributed by atoms with Gasteiger partial charge in [-0.25, -0.2) is 4.79 Å². The Morgan fingerprint density at radius 3 is 2.94 bits per heavy atom. The van der Waals surface area contributed by atoms with Crippen LogP contribution in [0.25, 0.3) is 0 Å². The van der Waals surface area contributed by atoms with Crippen LogP contribution < -0.4 is 5.73 Å². The zero-order valence-corrected chi connectivity index (χ0v) is 9.68. The molecule has 0 aliphatic heterocycles. The van der Waals surface area contributed by atoms with Gasteiger partial charge in [-0.2, -0.15) is 0 Å². The largest absolute Gasteiger partial charge is 0.460 e. The summed E-state index contributed by atoms with van der Waals surface area (Å²) in [5, 5.41) is 8.46. The number of aliphatic hydroxyl groups is 1. The molecule has 0 aromatic carbocycles. The van der Waals surface area contributed by atoms with Gasteiger partial charge in [0.05, 0.1) is 43.0 Å². The van der Waals surface area contributed by atoms with Crippen LogP contribution in [0.1, 0.15) is 16.1 Å². The summed E-state index contributed by atoms with van der Waals surface area (Å²) < 4.78 is 9.92. The van der Waals surface area contributed by atoms with Gasteiger partial charge in [0.25, 0.3) is 0 Å². The van der Waals surface area contributed by atoms with Gasteiger partial charge < -0.3 is 20.3 Å². The predicted octanol–water partition coefficient (Wildman–Crippen LogP) is 0.138. The van der Waals surface area contributed by atoms with Crippen molar-refractivity contribution in [3.8, 4) is 0 Å². The number of hydrogen-bond donors (Lipinski definition) is 2. The van der Waals surface area contributed by atoms with Crippen LogP contribution in [0.2, 0.25) is 0 Å². The van der Waals surface area contributed by atoms with Gasteiger partial charge in [-0.05, 0) is 13.0 Å². The van der Waals surface area contributed by atoms with Gasteiger partial charge in [0.15, 0.2) is 0 Å². The number of esters is 1. The Morgan fingerprint density at radius 1 is 1.47 bits per heavy atom. The second-order valence-corrected chi connectivity index (χ2v) is 3.37. The first-order valence-electron chi connectivity index (χ1n) is 5.23. The van der Waals surface area contributed by atoms with Crippen molar-refractivity contribution < 1.29 is 19.4 Å². The van der Waals surface area contributed by atoms with E-state index in [1.807, 2.05) is 0 Å². The van der Waals surface area contributed by atoms with E-state index in [-0.39, 0.29) is 26.4 Å². The number of aromatic nitrogens is 1. The normalized spacial score (nSPS) is 10.2. The summed E-state index contributed by atoms with van der Waals surface area (Å²) in [5.41, 5.74) is 6.88. The maximum Gasteiger partial charge on any atom is 0.340 e. The summed E-state index contributed by atoms with van der Waals surface area (Å²) >= 11 is 0. The van der Waals surface area contributed by atoms with Crippen molar-refractivity contribution in [3.05, 3.63) is 23.5 Å². The number of nitrogens with zero attached hydrogens (tertiary/aromatic N) is 1. The van der Waals surface area contributed by atoms with Gasteiger partial charge in [-0.1, -0.05) is 0 Å². The van der Waals surface area contributed by atoms with Crippen molar-refractivity contribution in [2.45, 2.75) is 6.92 Å². The summed E-state index contributed by atoms with van der Waals surface area (Å²) in [6.45, 7) is 2.27. The molecule has 0 atom stereocenters. The number of carbonyl (C=O) groups excluding carboxylic acids is 1. The molecule has 0 saturated heterocycles. The van der Waals surface area contributed by atoms with Gasteiger partial charge in [-0.3, -0.25) is 4.98 Å². The van der Waals surface area contributed by atoms with Crippen molar-refractivity contribution in [2.24, 2.45) is 0 Å². The highest BCUT2D eigenvalue weighted by Gasteiger charge is 2.11. The Labute approximate surface area is 99.4 Å². The van der Waals surface area contributed by atoms with E-state index in [0.29, 0.717) is 16.9 Å². The lowest BCUT2D eigenvalue weighted by Crippen LogP contribution is -2.13. The minimum absolute atomic E-state index is 0.0494. The predicted molar refractivity (Wildman–Crippen MR) is 61.6 cm³/mol. The fourth-order valence-corrected chi connectivity index (χ4v) is 1.19. The topological polar surface area (TPSA) is 94.7 Å². The molecule has 94 valence electrons. The number of carbonyl (C=O) groups is 1. The Morgan fingerprint density at radius 2 is 2.24 bits per heavy atom. The molecule has 0 aliphatic carbocycles. The molecule has 1 rings (SSSR count). The van der Waals surface area contributed by atoms with Crippen LogP contribution in [-0.4, -0.2) is 42.5 Å². The van der Waals surface area contributed by atoms with Gasteiger partial charge in [0, 0.05) is 0 Å². The first kappa shape index (κ1) is 13.4. The molecule has 3 N–H and O–H groups in total. The Balaban J connectivity index is 2.44. The summed E-state index contributed by atoms with van der Waals surface area (Å²) in [5.74, 6) is -0.477. The number of hydrogen-bond acceptors (Lipinski definition) is 6. The number of rotatable bonds is 6. The van der Waals surface area contributed by atoms with Gasteiger partial charge in [-0.15, -0.1) is 0 Å². The number of nitrogen functional groups attached to an aromatic ring is 1. The van der Waals surface area contributed by atoms with Crippen LogP contribution in [0.15, 0.2) is 12.3 Å². The monoisotopic (exact) mass is 240 g/mol. The summed E-state index contributed by atoms with van der Waals surface area (Å²) in [7, 11) is 0. The molecule has 0 fully saturated rings. The van der Waals surface area contributed by atoms with E-state index in [4.69, 9.17) is 20.3 Å². The lowest BCUT2D eigenvalue weighted by Gasteiger charge is -2.07. The molecular weight excluding hydrogens is 224 g/mol. The van der Waals surface area contributed by atoms with Gasteiger partial charge in [0.2, 0.25) is 0 Å². The molecule has 6 heteroatoms. The average Bonchev–Trinajstić information content (AvgIpc) is 2.32. The van der Waals surface area contributed by atoms with Crippen molar-refractivity contribution in [3.63, 3.8) is 0 Å². The fourth-order valence-electron chi connectivity index (χ4n) is 1.19. The zero-order chi connectivity index (χ0) is 12.7. The number of aryl methyl sites for hydroxylation is 1. The van der Waals surface area contributed by atoms with Crippen LogP contribution >= 0.6 is 0 Å². The molecule has 0 unspecified atom stereocenters. The van der Waals surface area contributed by atoms with Crippen molar-refractivity contribution >= 4 is 11.7 Å². The van der Waals surface area contributed by atoms with E-state index in [0.717, 1.165) is 0 Å². The summed E-state index contributed by atoms with van der Waals surface area (Å²) in [4.78, 5) is 15.6. The Kier molecular flexibility index (Phi) is 5.38. The van der Waals surface area contributed by atoms with Crippen LogP contribution in [0.3, 0.4) is 0 Å². The molecular formula is C11H16N2O4. The second kappa shape index (κ2) is 6.82. The molecule has 6 nitrogen and oxygen atoms in total. The van der Waals surface area contributed by atoms with Crippen molar-refractivity contribution in [2.75, 3.05) is 32.2 Å². The lowest BCUT2D eigenvalue weighted by atomic mass is 10.2. The quantitative estimate of drug-likeness (QED) is 0.542. The molecule has 0 saturated carbocycles. The van der Waals surface area contributed by atoms with Crippen LogP contribution in [-0.2, 0) is 9.47 Å². The Bertz CT molecular complexity index is 382. The lowest BCUT2D eigenvalue weighted by molar-refractivity contribution is 0.0257. The van der Waals surface area contributed by atoms with E-state index >= 15 is 0 Å². The van der Waals surface area contributed by atoms with Crippen LogP contribution in [0, 0.1) is 6.92 Å². The molecule has 17 heavy (non-hydrogen) atoms. The minimum Gasteiger partial charge on any atom is -0.460 e. The molecule has 0 spiro atoms. The Hall–Kier alpha value is -1.66. The van der Waals surface area contributed by atoms with Gasteiger partial charge in [0.1, 0.15) is 6.61 Å². The molecule has 1 heterocycles. The number of ether oxygens (including phenoxy) is 2. The third kappa shape index (κ3) is 4.38. The first-order valence-corrected chi connectivity index (χ1v) is 5.23. The van der Waals surface area contributed by atoms with E-state index in [9.17, 15) is 4.79 Å². The van der Waals surface area contributed by atoms with Crippen LogP contribution in [0.5, 0.6) is 0 Å². The standard InChI is InChI=1S/C11H16N2O4/c1-8-10(6-9(12)7-13-8)11(15)17-5-4-16-3-2-14/h6-7,14H,2-5,12H2,1H3. The molecule has 0 aliphatic rings. The van der Waals surface area contributed by atoms with E-state index < -0.39 is 5.97 Å². The minimum atomic E-state index is -0.477. The van der Waals surface area contributed by atoms with Crippen LogP contribution in [0.4, 0.5) is 5.69 Å². The number of aliphatic hydroxyl groups excluding tert-OH is 1. The number of pyridine rings is 1. The maximum atomic E-state index is 11.6. The molecule has 0 bridgehead atoms. The van der Waals surface area contributed by atoms with E-state index in [1.165, 1.54) is 12.3 Å². The third-order valence-electron chi connectivity index (χ3n) is 2.02. The smallest absolute Gasteiger partial charge is 0.340 e. The first-order chi connectivity index (χ1) is 8.15. The highest BCUT2D eigenvalue weighted by atomic mass is 16.6.